The predicted molar refractivity (Wildman–Crippen MR) is 50.4 cm³/mol. The molecule has 0 aliphatic heterocycles. The van der Waals surface area contributed by atoms with Gasteiger partial charge in [0, 0.05) is 5.75 Å². The van der Waals surface area contributed by atoms with E-state index in [1.54, 1.807) is 28.5 Å². The van der Waals surface area contributed by atoms with E-state index >= 15 is 0 Å². The van der Waals surface area contributed by atoms with Crippen LogP contribution in [0.2, 0.25) is 0 Å². The highest BCUT2D eigenvalue weighted by atomic mass is 33.1. The van der Waals surface area contributed by atoms with Gasteiger partial charge in [0.05, 0.1) is 5.75 Å². The minimum Gasteiger partial charge on any atom is -0.299 e. The minimum absolute atomic E-state index is 0.235. The Balaban J connectivity index is 3.06. The third-order valence-corrected chi connectivity index (χ3v) is 3.16. The SMILES string of the molecule is C=C(C)CSSCC(C)=O. The first-order chi connectivity index (χ1) is 4.63. The van der Waals surface area contributed by atoms with Crippen LogP contribution in [0.15, 0.2) is 12.2 Å². The maximum absolute atomic E-state index is 10.4. The fourth-order valence-electron chi connectivity index (χ4n) is 0.267. The lowest BCUT2D eigenvalue weighted by molar-refractivity contribution is -0.114. The summed E-state index contributed by atoms with van der Waals surface area (Å²) in [7, 11) is 3.28. The molecule has 0 heterocycles. The summed E-state index contributed by atoms with van der Waals surface area (Å²) in [6, 6.07) is 0. The number of ketones is 1. The molecule has 0 aromatic heterocycles. The topological polar surface area (TPSA) is 17.1 Å². The average Bonchev–Trinajstić information content (AvgIpc) is 1.79. The van der Waals surface area contributed by atoms with Crippen LogP contribution in [0.25, 0.3) is 0 Å². The minimum atomic E-state index is 0.235. The Morgan fingerprint density at radius 2 is 1.80 bits per heavy atom. The Labute approximate surface area is 70.0 Å². The van der Waals surface area contributed by atoms with E-state index in [2.05, 4.69) is 6.58 Å². The van der Waals surface area contributed by atoms with E-state index in [-0.39, 0.29) is 5.78 Å². The normalized spacial score (nSPS) is 9.40. The van der Waals surface area contributed by atoms with Gasteiger partial charge in [-0.3, -0.25) is 4.79 Å². The lowest BCUT2D eigenvalue weighted by Crippen LogP contribution is -1.90. The van der Waals surface area contributed by atoms with Crippen molar-refractivity contribution in [3.8, 4) is 0 Å². The molecular formula is C7H12OS2. The molecule has 0 aliphatic carbocycles. The van der Waals surface area contributed by atoms with Gasteiger partial charge < -0.3 is 0 Å². The fourth-order valence-corrected chi connectivity index (χ4v) is 2.40. The van der Waals surface area contributed by atoms with E-state index < -0.39 is 0 Å². The number of rotatable bonds is 5. The lowest BCUT2D eigenvalue weighted by atomic mass is 10.4. The number of carbonyl (C=O) groups is 1. The van der Waals surface area contributed by atoms with Gasteiger partial charge in [0.25, 0.3) is 0 Å². The Bertz CT molecular complexity index is 116. The first-order valence-electron chi connectivity index (χ1n) is 3.01. The Hall–Kier alpha value is 0.110. The zero-order valence-electron chi connectivity index (χ0n) is 6.35. The summed E-state index contributed by atoms with van der Waals surface area (Å²) in [5, 5.41) is 0. The number of Topliss-reactive ketones (excluding diaryl/α,β-unsaturated/α-hetero) is 1. The quantitative estimate of drug-likeness (QED) is 0.364. The van der Waals surface area contributed by atoms with E-state index in [0.717, 1.165) is 11.3 Å². The molecule has 3 heteroatoms. The Morgan fingerprint density at radius 3 is 2.20 bits per heavy atom. The van der Waals surface area contributed by atoms with Gasteiger partial charge in [0.1, 0.15) is 5.78 Å². The smallest absolute Gasteiger partial charge is 0.140 e. The molecule has 0 saturated carbocycles. The maximum atomic E-state index is 10.4. The summed E-state index contributed by atoms with van der Waals surface area (Å²) in [6.45, 7) is 7.35. The van der Waals surface area contributed by atoms with Crippen molar-refractivity contribution in [2.45, 2.75) is 13.8 Å². The molecule has 58 valence electrons. The summed E-state index contributed by atoms with van der Waals surface area (Å²) < 4.78 is 0. The molecule has 0 saturated heterocycles. The van der Waals surface area contributed by atoms with Crippen molar-refractivity contribution < 1.29 is 4.79 Å². The van der Waals surface area contributed by atoms with Crippen LogP contribution in [0.5, 0.6) is 0 Å². The van der Waals surface area contributed by atoms with E-state index in [4.69, 9.17) is 0 Å². The molecule has 0 radical (unpaired) electrons. The molecular weight excluding hydrogens is 164 g/mol. The summed E-state index contributed by atoms with van der Waals surface area (Å²) in [5.74, 6) is 1.79. The van der Waals surface area contributed by atoms with Gasteiger partial charge in [0.2, 0.25) is 0 Å². The summed E-state index contributed by atoms with van der Waals surface area (Å²) >= 11 is 0. The van der Waals surface area contributed by atoms with E-state index in [0.29, 0.717) is 5.75 Å². The highest BCUT2D eigenvalue weighted by Gasteiger charge is 1.93. The molecule has 0 bridgehead atoms. The van der Waals surface area contributed by atoms with Crippen LogP contribution in [0, 0.1) is 0 Å². The fraction of sp³-hybridized carbons (Fsp3) is 0.571. The molecule has 0 rings (SSSR count). The summed E-state index contributed by atoms with van der Waals surface area (Å²) in [6.07, 6.45) is 0. The molecule has 10 heavy (non-hydrogen) atoms. The monoisotopic (exact) mass is 176 g/mol. The van der Waals surface area contributed by atoms with Crippen molar-refractivity contribution in [3.63, 3.8) is 0 Å². The first kappa shape index (κ1) is 10.1. The second-order valence-corrected chi connectivity index (χ2v) is 4.65. The Kier molecular flexibility index (Phi) is 5.93. The molecule has 0 aromatic carbocycles. The standard InChI is InChI=1S/C7H12OS2/c1-6(2)4-9-10-5-7(3)8/h1,4-5H2,2-3H3. The van der Waals surface area contributed by atoms with Crippen molar-refractivity contribution >= 4 is 27.4 Å². The van der Waals surface area contributed by atoms with Crippen molar-refractivity contribution in [3.05, 3.63) is 12.2 Å². The van der Waals surface area contributed by atoms with Gasteiger partial charge >= 0.3 is 0 Å². The molecule has 0 aliphatic rings. The molecule has 0 amide bonds. The predicted octanol–water partition coefficient (Wildman–Crippen LogP) is 2.53. The second kappa shape index (κ2) is 5.86. The van der Waals surface area contributed by atoms with Gasteiger partial charge in [-0.05, 0) is 13.8 Å². The third kappa shape index (κ3) is 8.11. The van der Waals surface area contributed by atoms with Crippen LogP contribution in [-0.4, -0.2) is 17.3 Å². The van der Waals surface area contributed by atoms with E-state index in [1.807, 2.05) is 6.92 Å². The van der Waals surface area contributed by atoms with Crippen molar-refractivity contribution in [2.75, 3.05) is 11.5 Å². The van der Waals surface area contributed by atoms with Gasteiger partial charge in [-0.2, -0.15) is 0 Å². The van der Waals surface area contributed by atoms with Crippen LogP contribution in [0.3, 0.4) is 0 Å². The molecule has 0 N–H and O–H groups in total. The molecule has 1 nitrogen and oxygen atoms in total. The van der Waals surface area contributed by atoms with Crippen LogP contribution in [-0.2, 0) is 4.79 Å². The molecule has 0 fully saturated rings. The van der Waals surface area contributed by atoms with Gasteiger partial charge in [-0.25, -0.2) is 0 Å². The van der Waals surface area contributed by atoms with Crippen LogP contribution in [0.4, 0.5) is 0 Å². The van der Waals surface area contributed by atoms with Crippen LogP contribution < -0.4 is 0 Å². The van der Waals surface area contributed by atoms with Gasteiger partial charge in [0.15, 0.2) is 0 Å². The third-order valence-electron chi connectivity index (χ3n) is 0.651. The summed E-state index contributed by atoms with van der Waals surface area (Å²) in [4.78, 5) is 10.4. The van der Waals surface area contributed by atoms with Gasteiger partial charge in [-0.15, -0.1) is 0 Å². The number of hydrogen-bond acceptors (Lipinski definition) is 3. The number of carbonyl (C=O) groups excluding carboxylic acids is 1. The zero-order chi connectivity index (χ0) is 7.98. The van der Waals surface area contributed by atoms with Crippen molar-refractivity contribution in [2.24, 2.45) is 0 Å². The first-order valence-corrected chi connectivity index (χ1v) is 5.50. The van der Waals surface area contributed by atoms with Crippen molar-refractivity contribution in [1.82, 2.24) is 0 Å². The van der Waals surface area contributed by atoms with Crippen molar-refractivity contribution in [1.29, 1.82) is 0 Å². The highest BCUT2D eigenvalue weighted by Crippen LogP contribution is 2.22. The zero-order valence-corrected chi connectivity index (χ0v) is 7.98. The highest BCUT2D eigenvalue weighted by molar-refractivity contribution is 8.76. The summed E-state index contributed by atoms with van der Waals surface area (Å²) in [5.41, 5.74) is 1.15. The number of hydrogen-bond donors (Lipinski definition) is 0. The largest absolute Gasteiger partial charge is 0.299 e. The average molecular weight is 176 g/mol. The lowest BCUT2D eigenvalue weighted by Gasteiger charge is -1.96. The van der Waals surface area contributed by atoms with Gasteiger partial charge in [-0.1, -0.05) is 33.7 Å². The van der Waals surface area contributed by atoms with Crippen LogP contribution in [0.1, 0.15) is 13.8 Å². The van der Waals surface area contributed by atoms with E-state index in [9.17, 15) is 4.79 Å². The van der Waals surface area contributed by atoms with E-state index in [1.165, 1.54) is 0 Å². The molecule has 0 atom stereocenters. The van der Waals surface area contributed by atoms with Crippen LogP contribution >= 0.6 is 21.6 Å². The Morgan fingerprint density at radius 1 is 1.30 bits per heavy atom. The molecule has 0 aromatic rings. The second-order valence-electron chi connectivity index (χ2n) is 2.18. The molecule has 0 unspecified atom stereocenters. The maximum Gasteiger partial charge on any atom is 0.140 e. The molecule has 0 spiro atoms.